The van der Waals surface area contributed by atoms with Gasteiger partial charge in [0.2, 0.25) is 5.91 Å². The van der Waals surface area contributed by atoms with Gasteiger partial charge in [-0.05, 0) is 33.6 Å². The van der Waals surface area contributed by atoms with Crippen LogP contribution >= 0.6 is 11.3 Å². The van der Waals surface area contributed by atoms with Crippen molar-refractivity contribution < 1.29 is 4.79 Å². The van der Waals surface area contributed by atoms with E-state index in [0.717, 1.165) is 54.0 Å². The molecule has 3 aromatic heterocycles. The van der Waals surface area contributed by atoms with Crippen molar-refractivity contribution in [1.29, 1.82) is 0 Å². The third-order valence-electron chi connectivity index (χ3n) is 5.16. The molecule has 0 radical (unpaired) electrons. The van der Waals surface area contributed by atoms with Gasteiger partial charge in [0.05, 0.1) is 5.69 Å². The lowest BCUT2D eigenvalue weighted by Crippen LogP contribution is -2.38. The Hall–Kier alpha value is -2.81. The normalized spacial score (nSPS) is 15.0. The van der Waals surface area contributed by atoms with Crippen LogP contribution in [-0.2, 0) is 4.79 Å². The SMILES string of the molecule is Cc1nc(NC(=O)C2CCN(c3cc(-n4ccnc4C)ncn3)CC2)sc1C. The Bertz CT molecular complexity index is 968. The van der Waals surface area contributed by atoms with Gasteiger partial charge in [0, 0.05) is 42.3 Å². The van der Waals surface area contributed by atoms with Gasteiger partial charge in [-0.3, -0.25) is 9.36 Å². The largest absolute Gasteiger partial charge is 0.356 e. The van der Waals surface area contributed by atoms with Crippen LogP contribution in [0.5, 0.6) is 0 Å². The van der Waals surface area contributed by atoms with Gasteiger partial charge in [-0.25, -0.2) is 19.9 Å². The second-order valence-electron chi connectivity index (χ2n) is 6.99. The molecule has 0 unspecified atom stereocenters. The summed E-state index contributed by atoms with van der Waals surface area (Å²) >= 11 is 1.53. The summed E-state index contributed by atoms with van der Waals surface area (Å²) in [5.41, 5.74) is 0.975. The molecular weight excluding hydrogens is 374 g/mol. The summed E-state index contributed by atoms with van der Waals surface area (Å²) in [4.78, 5) is 33.3. The van der Waals surface area contributed by atoms with Gasteiger partial charge in [-0.1, -0.05) is 0 Å². The number of piperidine rings is 1. The van der Waals surface area contributed by atoms with E-state index in [-0.39, 0.29) is 11.8 Å². The number of thiazole rings is 1. The molecule has 28 heavy (non-hydrogen) atoms. The second-order valence-corrected chi connectivity index (χ2v) is 8.19. The van der Waals surface area contributed by atoms with Gasteiger partial charge in [0.25, 0.3) is 0 Å². The number of hydrogen-bond donors (Lipinski definition) is 1. The summed E-state index contributed by atoms with van der Waals surface area (Å²) in [5, 5.41) is 3.67. The van der Waals surface area contributed by atoms with Crippen molar-refractivity contribution >= 4 is 28.2 Å². The van der Waals surface area contributed by atoms with Crippen LogP contribution in [-0.4, -0.2) is 43.5 Å². The number of imidazole rings is 1. The van der Waals surface area contributed by atoms with Gasteiger partial charge in [-0.15, -0.1) is 11.3 Å². The average molecular weight is 398 g/mol. The first-order valence-corrected chi connectivity index (χ1v) is 10.1. The lowest BCUT2D eigenvalue weighted by molar-refractivity contribution is -0.120. The molecule has 1 N–H and O–H groups in total. The average Bonchev–Trinajstić information content (AvgIpc) is 3.27. The van der Waals surface area contributed by atoms with Gasteiger partial charge >= 0.3 is 0 Å². The lowest BCUT2D eigenvalue weighted by Gasteiger charge is -2.32. The highest BCUT2D eigenvalue weighted by atomic mass is 32.1. The maximum absolute atomic E-state index is 12.6. The van der Waals surface area contributed by atoms with Crippen molar-refractivity contribution in [3.63, 3.8) is 0 Å². The first kappa shape index (κ1) is 18.5. The molecule has 1 fully saturated rings. The highest BCUT2D eigenvalue weighted by molar-refractivity contribution is 7.15. The molecule has 9 heteroatoms. The number of anilines is 2. The molecule has 8 nitrogen and oxygen atoms in total. The van der Waals surface area contributed by atoms with Crippen molar-refractivity contribution in [3.8, 4) is 5.82 Å². The number of nitrogens with zero attached hydrogens (tertiary/aromatic N) is 6. The van der Waals surface area contributed by atoms with E-state index in [1.54, 1.807) is 12.5 Å². The summed E-state index contributed by atoms with van der Waals surface area (Å²) in [5.74, 6) is 2.62. The fourth-order valence-corrected chi connectivity index (χ4v) is 4.18. The number of hydrogen-bond acceptors (Lipinski definition) is 7. The molecule has 0 aromatic carbocycles. The quantitative estimate of drug-likeness (QED) is 0.728. The monoisotopic (exact) mass is 397 g/mol. The number of aryl methyl sites for hydroxylation is 3. The van der Waals surface area contributed by atoms with Crippen molar-refractivity contribution in [2.75, 3.05) is 23.3 Å². The Morgan fingerprint density at radius 2 is 1.89 bits per heavy atom. The first-order chi connectivity index (χ1) is 13.5. The van der Waals surface area contributed by atoms with Gasteiger partial charge < -0.3 is 10.2 Å². The van der Waals surface area contributed by atoms with Crippen LogP contribution in [0.3, 0.4) is 0 Å². The van der Waals surface area contributed by atoms with Crippen LogP contribution < -0.4 is 10.2 Å². The summed E-state index contributed by atoms with van der Waals surface area (Å²) in [7, 11) is 0. The molecule has 1 aliphatic heterocycles. The number of amides is 1. The molecule has 146 valence electrons. The Morgan fingerprint density at radius 3 is 2.54 bits per heavy atom. The van der Waals surface area contributed by atoms with Crippen LogP contribution in [0, 0.1) is 26.7 Å². The van der Waals surface area contributed by atoms with E-state index >= 15 is 0 Å². The molecule has 1 saturated heterocycles. The predicted molar refractivity (Wildman–Crippen MR) is 109 cm³/mol. The minimum absolute atomic E-state index is 0.00189. The van der Waals surface area contributed by atoms with Crippen LogP contribution in [0.1, 0.15) is 29.2 Å². The second kappa shape index (κ2) is 7.67. The Morgan fingerprint density at radius 1 is 1.14 bits per heavy atom. The Balaban J connectivity index is 1.39. The smallest absolute Gasteiger partial charge is 0.229 e. The van der Waals surface area contributed by atoms with E-state index in [1.807, 2.05) is 37.6 Å². The highest BCUT2D eigenvalue weighted by Gasteiger charge is 2.26. The minimum Gasteiger partial charge on any atom is -0.356 e. The zero-order valence-electron chi connectivity index (χ0n) is 16.2. The van der Waals surface area contributed by atoms with Crippen molar-refractivity contribution in [2.45, 2.75) is 33.6 Å². The molecule has 0 saturated carbocycles. The summed E-state index contributed by atoms with van der Waals surface area (Å²) < 4.78 is 1.93. The molecule has 1 aliphatic rings. The Kier molecular flexibility index (Phi) is 5.08. The topological polar surface area (TPSA) is 88.8 Å². The summed E-state index contributed by atoms with van der Waals surface area (Å²) in [6, 6.07) is 1.97. The zero-order valence-corrected chi connectivity index (χ0v) is 17.0. The molecule has 0 atom stereocenters. The number of carbonyl (C=O) groups is 1. The van der Waals surface area contributed by atoms with Gasteiger partial charge in [0.15, 0.2) is 5.13 Å². The fraction of sp³-hybridized carbons (Fsp3) is 0.421. The molecule has 0 bridgehead atoms. The lowest BCUT2D eigenvalue weighted by atomic mass is 9.96. The van der Waals surface area contributed by atoms with E-state index in [1.165, 1.54) is 11.3 Å². The van der Waals surface area contributed by atoms with E-state index < -0.39 is 0 Å². The number of carbonyl (C=O) groups excluding carboxylic acids is 1. The molecular formula is C19H23N7OS. The Labute approximate surface area is 167 Å². The summed E-state index contributed by atoms with van der Waals surface area (Å²) in [6.07, 6.45) is 6.81. The van der Waals surface area contributed by atoms with E-state index in [2.05, 4.69) is 30.2 Å². The maximum atomic E-state index is 12.6. The molecule has 0 spiro atoms. The van der Waals surface area contributed by atoms with Crippen LogP contribution in [0.4, 0.5) is 10.9 Å². The first-order valence-electron chi connectivity index (χ1n) is 9.33. The van der Waals surface area contributed by atoms with E-state index in [9.17, 15) is 4.79 Å². The zero-order chi connectivity index (χ0) is 19.7. The third kappa shape index (κ3) is 3.75. The van der Waals surface area contributed by atoms with Crippen molar-refractivity contribution in [1.82, 2.24) is 24.5 Å². The number of aromatic nitrogens is 5. The van der Waals surface area contributed by atoms with Crippen LogP contribution in [0.15, 0.2) is 24.8 Å². The minimum atomic E-state index is -0.00189. The van der Waals surface area contributed by atoms with Gasteiger partial charge in [-0.2, -0.15) is 0 Å². The van der Waals surface area contributed by atoms with Crippen molar-refractivity contribution in [2.24, 2.45) is 5.92 Å². The van der Waals surface area contributed by atoms with Crippen molar-refractivity contribution in [3.05, 3.63) is 41.2 Å². The molecule has 3 aromatic rings. The molecule has 4 rings (SSSR count). The maximum Gasteiger partial charge on any atom is 0.229 e. The number of rotatable bonds is 4. The third-order valence-corrected chi connectivity index (χ3v) is 6.15. The standard InChI is InChI=1S/C19H23N7OS/c1-12-13(2)28-19(23-12)24-18(27)15-4-7-25(8-5-15)16-10-17(22-11-21-16)26-9-6-20-14(26)3/h6,9-11,15H,4-5,7-8H2,1-3H3,(H,23,24,27). The van der Waals surface area contributed by atoms with Gasteiger partial charge in [0.1, 0.15) is 23.8 Å². The molecule has 0 aliphatic carbocycles. The highest BCUT2D eigenvalue weighted by Crippen LogP contribution is 2.26. The summed E-state index contributed by atoms with van der Waals surface area (Å²) in [6.45, 7) is 7.49. The van der Waals surface area contributed by atoms with E-state index in [0.29, 0.717) is 5.13 Å². The predicted octanol–water partition coefficient (Wildman–Crippen LogP) is 2.90. The molecule has 1 amide bonds. The molecule has 4 heterocycles. The van der Waals surface area contributed by atoms with E-state index in [4.69, 9.17) is 0 Å². The van der Waals surface area contributed by atoms with Crippen LogP contribution in [0.2, 0.25) is 0 Å². The fourth-order valence-electron chi connectivity index (χ4n) is 3.37. The van der Waals surface area contributed by atoms with Crippen LogP contribution in [0.25, 0.3) is 5.82 Å². The number of nitrogens with one attached hydrogen (secondary N) is 1.